The fourth-order valence-electron chi connectivity index (χ4n) is 1.97. The average molecular weight is 289 g/mol. The van der Waals surface area contributed by atoms with E-state index in [-0.39, 0.29) is 19.1 Å². The number of hydrogen-bond acceptors (Lipinski definition) is 5. The standard InChI is InChI=1S/C13H23NO6/c1-13(2,3)20-12(17)14-8-9(19-6-5-18-4)7-10(14)11(15)16/h9-10H,5-8H2,1-4H3,(H,15,16)/t9-,10+/m1/s1. The maximum atomic E-state index is 12.0. The molecule has 1 fully saturated rings. The van der Waals surface area contributed by atoms with Crippen molar-refractivity contribution in [3.05, 3.63) is 0 Å². The highest BCUT2D eigenvalue weighted by Gasteiger charge is 2.42. The summed E-state index contributed by atoms with van der Waals surface area (Å²) in [5.74, 6) is -1.05. The zero-order valence-electron chi connectivity index (χ0n) is 12.4. The van der Waals surface area contributed by atoms with Gasteiger partial charge in [0.2, 0.25) is 0 Å². The number of rotatable bonds is 5. The lowest BCUT2D eigenvalue weighted by Crippen LogP contribution is -2.43. The molecule has 0 unspecified atom stereocenters. The second kappa shape index (κ2) is 6.90. The van der Waals surface area contributed by atoms with Crippen LogP contribution in [-0.2, 0) is 19.0 Å². The molecule has 0 aromatic carbocycles. The van der Waals surface area contributed by atoms with Crippen LogP contribution < -0.4 is 0 Å². The number of aliphatic carboxylic acids is 1. The summed E-state index contributed by atoms with van der Waals surface area (Å²) in [6.07, 6.45) is -0.667. The van der Waals surface area contributed by atoms with Gasteiger partial charge in [0.1, 0.15) is 11.6 Å². The lowest BCUT2D eigenvalue weighted by Gasteiger charge is -2.26. The van der Waals surface area contributed by atoms with Crippen molar-refractivity contribution in [1.82, 2.24) is 4.90 Å². The van der Waals surface area contributed by atoms with Gasteiger partial charge in [-0.1, -0.05) is 0 Å². The lowest BCUT2D eigenvalue weighted by atomic mass is 10.2. The van der Waals surface area contributed by atoms with Crippen molar-refractivity contribution in [3.8, 4) is 0 Å². The topological polar surface area (TPSA) is 85.3 Å². The van der Waals surface area contributed by atoms with Gasteiger partial charge in [0, 0.05) is 13.5 Å². The van der Waals surface area contributed by atoms with Crippen molar-refractivity contribution in [3.63, 3.8) is 0 Å². The summed E-state index contributed by atoms with van der Waals surface area (Å²) in [5, 5.41) is 9.19. The van der Waals surface area contributed by atoms with E-state index in [2.05, 4.69) is 0 Å². The van der Waals surface area contributed by atoms with Crippen molar-refractivity contribution >= 4 is 12.1 Å². The Morgan fingerprint density at radius 2 is 1.95 bits per heavy atom. The number of hydrogen-bond donors (Lipinski definition) is 1. The van der Waals surface area contributed by atoms with Crippen LogP contribution in [-0.4, -0.2) is 66.7 Å². The number of nitrogens with zero attached hydrogens (tertiary/aromatic N) is 1. The molecule has 0 aromatic heterocycles. The maximum absolute atomic E-state index is 12.0. The Kier molecular flexibility index (Phi) is 5.76. The van der Waals surface area contributed by atoms with E-state index >= 15 is 0 Å². The van der Waals surface area contributed by atoms with Gasteiger partial charge in [-0.15, -0.1) is 0 Å². The molecule has 1 saturated heterocycles. The van der Waals surface area contributed by atoms with Gasteiger partial charge in [-0.25, -0.2) is 9.59 Å². The van der Waals surface area contributed by atoms with Gasteiger partial charge in [-0.3, -0.25) is 4.90 Å². The molecule has 2 atom stereocenters. The second-order valence-electron chi connectivity index (χ2n) is 5.71. The summed E-state index contributed by atoms with van der Waals surface area (Å²) < 4.78 is 15.6. The molecule has 0 aliphatic carbocycles. The van der Waals surface area contributed by atoms with E-state index < -0.39 is 23.7 Å². The number of carbonyl (C=O) groups is 2. The van der Waals surface area contributed by atoms with Crippen molar-refractivity contribution in [2.75, 3.05) is 26.9 Å². The van der Waals surface area contributed by atoms with E-state index in [0.29, 0.717) is 13.2 Å². The molecule has 0 radical (unpaired) electrons. The Bertz CT molecular complexity index is 351. The Labute approximate surface area is 118 Å². The molecule has 0 bridgehead atoms. The summed E-state index contributed by atoms with van der Waals surface area (Å²) in [6, 6.07) is -0.905. The number of amides is 1. The first kappa shape index (κ1) is 16.7. The molecule has 0 spiro atoms. The predicted molar refractivity (Wildman–Crippen MR) is 70.6 cm³/mol. The highest BCUT2D eigenvalue weighted by molar-refractivity contribution is 5.81. The van der Waals surface area contributed by atoms with Crippen molar-refractivity contribution in [2.24, 2.45) is 0 Å². The third-order valence-corrected chi connectivity index (χ3v) is 2.82. The molecule has 1 rings (SSSR count). The molecule has 1 amide bonds. The highest BCUT2D eigenvalue weighted by Crippen LogP contribution is 2.23. The second-order valence-corrected chi connectivity index (χ2v) is 5.71. The smallest absolute Gasteiger partial charge is 0.411 e. The number of methoxy groups -OCH3 is 1. The van der Waals surface area contributed by atoms with Crippen LogP contribution in [0.15, 0.2) is 0 Å². The van der Waals surface area contributed by atoms with Crippen LogP contribution in [0.2, 0.25) is 0 Å². The van der Waals surface area contributed by atoms with E-state index in [1.807, 2.05) is 0 Å². The fourth-order valence-corrected chi connectivity index (χ4v) is 1.97. The SMILES string of the molecule is COCCO[C@@H]1C[C@@H](C(=O)O)N(C(=O)OC(C)(C)C)C1. The largest absolute Gasteiger partial charge is 0.480 e. The summed E-state index contributed by atoms with van der Waals surface area (Å²) in [7, 11) is 1.56. The average Bonchev–Trinajstić information content (AvgIpc) is 2.71. The van der Waals surface area contributed by atoms with Crippen molar-refractivity contribution < 1.29 is 28.9 Å². The molecule has 7 nitrogen and oxygen atoms in total. The molecule has 7 heteroatoms. The molecule has 1 heterocycles. The molecular formula is C13H23NO6. The van der Waals surface area contributed by atoms with Crippen molar-refractivity contribution in [2.45, 2.75) is 44.9 Å². The molecule has 0 saturated carbocycles. The minimum absolute atomic E-state index is 0.218. The molecule has 20 heavy (non-hydrogen) atoms. The maximum Gasteiger partial charge on any atom is 0.411 e. The van der Waals surface area contributed by atoms with Crippen LogP contribution in [0.4, 0.5) is 4.79 Å². The summed E-state index contributed by atoms with van der Waals surface area (Å²) in [5.41, 5.74) is -0.658. The predicted octanol–water partition coefficient (Wildman–Crippen LogP) is 1.11. The summed E-state index contributed by atoms with van der Waals surface area (Å²) in [6.45, 7) is 6.24. The molecule has 1 aliphatic rings. The minimum atomic E-state index is -1.05. The molecule has 116 valence electrons. The number of carboxylic acids is 1. The third kappa shape index (κ3) is 4.97. The normalized spacial score (nSPS) is 22.9. The number of ether oxygens (including phenoxy) is 3. The Hall–Kier alpha value is -1.34. The number of likely N-dealkylation sites (tertiary alicyclic amines) is 1. The van der Waals surface area contributed by atoms with Gasteiger partial charge in [0.15, 0.2) is 0 Å². The van der Waals surface area contributed by atoms with Gasteiger partial charge in [0.05, 0.1) is 25.9 Å². The van der Waals surface area contributed by atoms with Gasteiger partial charge in [-0.05, 0) is 20.8 Å². The van der Waals surface area contributed by atoms with E-state index in [9.17, 15) is 14.7 Å². The Balaban J connectivity index is 2.63. The van der Waals surface area contributed by atoms with Crippen LogP contribution in [0.3, 0.4) is 0 Å². The van der Waals surface area contributed by atoms with E-state index in [4.69, 9.17) is 14.2 Å². The van der Waals surface area contributed by atoms with Gasteiger partial charge in [-0.2, -0.15) is 0 Å². The first-order chi connectivity index (χ1) is 9.24. The van der Waals surface area contributed by atoms with Crippen LogP contribution in [0, 0.1) is 0 Å². The van der Waals surface area contributed by atoms with Gasteiger partial charge in [0.25, 0.3) is 0 Å². The number of carboxylic acid groups (broad SMARTS) is 1. The molecular weight excluding hydrogens is 266 g/mol. The van der Waals surface area contributed by atoms with Gasteiger partial charge < -0.3 is 19.3 Å². The van der Waals surface area contributed by atoms with Crippen LogP contribution in [0.1, 0.15) is 27.2 Å². The van der Waals surface area contributed by atoms with E-state index in [1.165, 1.54) is 4.90 Å². The Morgan fingerprint density at radius 1 is 1.30 bits per heavy atom. The first-order valence-electron chi connectivity index (χ1n) is 6.57. The van der Waals surface area contributed by atoms with Crippen LogP contribution >= 0.6 is 0 Å². The first-order valence-corrected chi connectivity index (χ1v) is 6.57. The van der Waals surface area contributed by atoms with Crippen LogP contribution in [0.25, 0.3) is 0 Å². The zero-order chi connectivity index (χ0) is 15.3. The third-order valence-electron chi connectivity index (χ3n) is 2.82. The highest BCUT2D eigenvalue weighted by atomic mass is 16.6. The van der Waals surface area contributed by atoms with Crippen LogP contribution in [0.5, 0.6) is 0 Å². The summed E-state index contributed by atoms with van der Waals surface area (Å²) in [4.78, 5) is 24.5. The number of carbonyl (C=O) groups excluding carboxylic acids is 1. The monoisotopic (exact) mass is 289 g/mol. The molecule has 1 aliphatic heterocycles. The van der Waals surface area contributed by atoms with E-state index in [1.54, 1.807) is 27.9 Å². The Morgan fingerprint density at radius 3 is 2.45 bits per heavy atom. The quantitative estimate of drug-likeness (QED) is 0.763. The molecule has 0 aromatic rings. The van der Waals surface area contributed by atoms with Crippen molar-refractivity contribution in [1.29, 1.82) is 0 Å². The minimum Gasteiger partial charge on any atom is -0.480 e. The fraction of sp³-hybridized carbons (Fsp3) is 0.846. The zero-order valence-corrected chi connectivity index (χ0v) is 12.4. The summed E-state index contributed by atoms with van der Waals surface area (Å²) >= 11 is 0. The van der Waals surface area contributed by atoms with E-state index in [0.717, 1.165) is 0 Å². The molecule has 1 N–H and O–H groups in total. The lowest BCUT2D eigenvalue weighted by molar-refractivity contribution is -0.142. The van der Waals surface area contributed by atoms with Gasteiger partial charge >= 0.3 is 12.1 Å².